The van der Waals surface area contributed by atoms with Gasteiger partial charge in [0.1, 0.15) is 5.75 Å². The van der Waals surface area contributed by atoms with Crippen molar-refractivity contribution in [2.45, 2.75) is 52.0 Å². The molecule has 0 bridgehead atoms. The number of aliphatic imine (C=N–C) groups is 1. The Balaban J connectivity index is 0.00000242. The summed E-state index contributed by atoms with van der Waals surface area (Å²) in [7, 11) is 1.78. The third-order valence-electron chi connectivity index (χ3n) is 4.11. The van der Waals surface area contributed by atoms with Crippen molar-refractivity contribution in [3.8, 4) is 5.75 Å². The zero-order valence-corrected chi connectivity index (χ0v) is 15.9. The minimum absolute atomic E-state index is 0. The molecule has 0 aromatic heterocycles. The Bertz CT molecular complexity index is 503. The number of phenolic OH excluding ortho intramolecular Hbond substituents is 1. The van der Waals surface area contributed by atoms with E-state index in [-0.39, 0.29) is 24.0 Å². The van der Waals surface area contributed by atoms with Gasteiger partial charge >= 0.3 is 0 Å². The van der Waals surface area contributed by atoms with Gasteiger partial charge in [-0.05, 0) is 49.3 Å². The first kappa shape index (κ1) is 19.1. The largest absolute Gasteiger partial charge is 0.508 e. The first-order chi connectivity index (χ1) is 10.3. The van der Waals surface area contributed by atoms with Crippen molar-refractivity contribution in [3.63, 3.8) is 0 Å². The molecule has 1 aromatic rings. The Kier molecular flexibility index (Phi) is 8.60. The van der Waals surface area contributed by atoms with Crippen LogP contribution in [0.4, 0.5) is 0 Å². The SMILES string of the molecule is CCCCNC(=NC)NCc1c(O)ccc2c1CCCC2.I. The molecule has 1 aliphatic carbocycles. The van der Waals surface area contributed by atoms with Crippen molar-refractivity contribution in [1.29, 1.82) is 0 Å². The van der Waals surface area contributed by atoms with Crippen LogP contribution in [0.5, 0.6) is 5.75 Å². The summed E-state index contributed by atoms with van der Waals surface area (Å²) >= 11 is 0. The van der Waals surface area contributed by atoms with E-state index in [9.17, 15) is 5.11 Å². The lowest BCUT2D eigenvalue weighted by atomic mass is 9.88. The fourth-order valence-electron chi connectivity index (χ4n) is 2.87. The molecule has 0 fully saturated rings. The lowest BCUT2D eigenvalue weighted by Crippen LogP contribution is -2.37. The lowest BCUT2D eigenvalue weighted by molar-refractivity contribution is 0.464. The van der Waals surface area contributed by atoms with Gasteiger partial charge in [0.2, 0.25) is 0 Å². The number of guanidine groups is 1. The number of hydrogen-bond donors (Lipinski definition) is 3. The molecular formula is C17H28IN3O. The monoisotopic (exact) mass is 417 g/mol. The maximum absolute atomic E-state index is 10.2. The third kappa shape index (κ3) is 5.04. The van der Waals surface area contributed by atoms with E-state index in [0.29, 0.717) is 12.3 Å². The van der Waals surface area contributed by atoms with Crippen LogP contribution in [0.3, 0.4) is 0 Å². The smallest absolute Gasteiger partial charge is 0.191 e. The molecule has 1 aromatic carbocycles. The van der Waals surface area contributed by atoms with E-state index in [4.69, 9.17) is 0 Å². The summed E-state index contributed by atoms with van der Waals surface area (Å²) < 4.78 is 0. The normalized spacial score (nSPS) is 14.0. The molecule has 3 N–H and O–H groups in total. The number of rotatable bonds is 5. The van der Waals surface area contributed by atoms with E-state index in [2.05, 4.69) is 28.6 Å². The molecule has 124 valence electrons. The number of aryl methyl sites for hydroxylation is 1. The quantitative estimate of drug-likeness (QED) is 0.298. The lowest BCUT2D eigenvalue weighted by Gasteiger charge is -2.21. The van der Waals surface area contributed by atoms with Crippen molar-refractivity contribution < 1.29 is 5.11 Å². The van der Waals surface area contributed by atoms with Gasteiger partial charge in [0.05, 0.1) is 0 Å². The second kappa shape index (κ2) is 9.92. The van der Waals surface area contributed by atoms with Gasteiger partial charge in [-0.1, -0.05) is 19.4 Å². The van der Waals surface area contributed by atoms with Crippen LogP contribution in [0.2, 0.25) is 0 Å². The van der Waals surface area contributed by atoms with E-state index in [1.165, 1.54) is 24.0 Å². The zero-order valence-electron chi connectivity index (χ0n) is 13.6. The summed E-state index contributed by atoms with van der Waals surface area (Å²) in [6, 6.07) is 3.90. The molecule has 0 aliphatic heterocycles. The molecule has 5 heteroatoms. The van der Waals surface area contributed by atoms with Crippen LogP contribution >= 0.6 is 24.0 Å². The molecule has 2 rings (SSSR count). The molecule has 0 saturated heterocycles. The molecule has 0 spiro atoms. The van der Waals surface area contributed by atoms with Gasteiger partial charge in [-0.3, -0.25) is 4.99 Å². The Labute approximate surface area is 150 Å². The highest BCUT2D eigenvalue weighted by Gasteiger charge is 2.16. The average molecular weight is 417 g/mol. The average Bonchev–Trinajstić information content (AvgIpc) is 2.52. The molecule has 4 nitrogen and oxygen atoms in total. The summed E-state index contributed by atoms with van der Waals surface area (Å²) in [6.45, 7) is 3.72. The highest BCUT2D eigenvalue weighted by molar-refractivity contribution is 14.0. The fourth-order valence-corrected chi connectivity index (χ4v) is 2.87. The Morgan fingerprint density at radius 2 is 2.00 bits per heavy atom. The second-order valence-electron chi connectivity index (χ2n) is 5.61. The highest BCUT2D eigenvalue weighted by Crippen LogP contribution is 2.30. The van der Waals surface area contributed by atoms with E-state index in [1.54, 1.807) is 7.05 Å². The van der Waals surface area contributed by atoms with Gasteiger partial charge in [-0.2, -0.15) is 0 Å². The van der Waals surface area contributed by atoms with E-state index < -0.39 is 0 Å². The number of halogens is 1. The molecule has 0 saturated carbocycles. The maximum Gasteiger partial charge on any atom is 0.191 e. The fraction of sp³-hybridized carbons (Fsp3) is 0.588. The predicted molar refractivity (Wildman–Crippen MR) is 103 cm³/mol. The summed E-state index contributed by atoms with van der Waals surface area (Å²) in [6.07, 6.45) is 6.97. The Morgan fingerprint density at radius 1 is 1.23 bits per heavy atom. The van der Waals surface area contributed by atoms with Crippen LogP contribution in [0.1, 0.15) is 49.3 Å². The van der Waals surface area contributed by atoms with Crippen LogP contribution in [-0.2, 0) is 19.4 Å². The van der Waals surface area contributed by atoms with E-state index in [1.807, 2.05) is 6.07 Å². The summed E-state index contributed by atoms with van der Waals surface area (Å²) in [5.74, 6) is 1.20. The van der Waals surface area contributed by atoms with Crippen LogP contribution in [0.15, 0.2) is 17.1 Å². The number of hydrogen-bond acceptors (Lipinski definition) is 2. The minimum atomic E-state index is 0. The van der Waals surface area contributed by atoms with Gasteiger partial charge < -0.3 is 15.7 Å². The van der Waals surface area contributed by atoms with E-state index in [0.717, 1.165) is 43.8 Å². The van der Waals surface area contributed by atoms with E-state index >= 15 is 0 Å². The maximum atomic E-state index is 10.2. The van der Waals surface area contributed by atoms with Crippen molar-refractivity contribution in [2.75, 3.05) is 13.6 Å². The number of benzene rings is 1. The Hall–Kier alpha value is -0.980. The molecular weight excluding hydrogens is 389 g/mol. The van der Waals surface area contributed by atoms with Crippen molar-refractivity contribution >= 4 is 29.9 Å². The van der Waals surface area contributed by atoms with Gasteiger partial charge in [0, 0.05) is 25.7 Å². The van der Waals surface area contributed by atoms with Crippen LogP contribution in [-0.4, -0.2) is 24.7 Å². The number of unbranched alkanes of at least 4 members (excludes halogenated alkanes) is 1. The van der Waals surface area contributed by atoms with Gasteiger partial charge in [0.15, 0.2) is 5.96 Å². The Morgan fingerprint density at radius 3 is 2.73 bits per heavy atom. The van der Waals surface area contributed by atoms with Crippen molar-refractivity contribution in [3.05, 3.63) is 28.8 Å². The summed E-state index contributed by atoms with van der Waals surface area (Å²) in [5.41, 5.74) is 3.76. The summed E-state index contributed by atoms with van der Waals surface area (Å²) in [4.78, 5) is 4.23. The topological polar surface area (TPSA) is 56.7 Å². The van der Waals surface area contributed by atoms with Gasteiger partial charge in [-0.15, -0.1) is 24.0 Å². The number of aromatic hydroxyl groups is 1. The highest BCUT2D eigenvalue weighted by atomic mass is 127. The molecule has 0 atom stereocenters. The number of phenols is 1. The number of nitrogens with zero attached hydrogens (tertiary/aromatic N) is 1. The molecule has 22 heavy (non-hydrogen) atoms. The first-order valence-electron chi connectivity index (χ1n) is 8.03. The first-order valence-corrected chi connectivity index (χ1v) is 8.03. The molecule has 0 amide bonds. The minimum Gasteiger partial charge on any atom is -0.508 e. The van der Waals surface area contributed by atoms with Crippen LogP contribution < -0.4 is 10.6 Å². The zero-order chi connectivity index (χ0) is 15.1. The molecule has 1 aliphatic rings. The molecule has 0 radical (unpaired) electrons. The second-order valence-corrected chi connectivity index (χ2v) is 5.61. The van der Waals surface area contributed by atoms with Crippen molar-refractivity contribution in [1.82, 2.24) is 10.6 Å². The number of fused-ring (bicyclic) bond motifs is 1. The molecule has 0 unspecified atom stereocenters. The third-order valence-corrected chi connectivity index (χ3v) is 4.11. The van der Waals surface area contributed by atoms with Gasteiger partial charge in [0.25, 0.3) is 0 Å². The molecule has 0 heterocycles. The summed E-state index contributed by atoms with van der Waals surface area (Å²) in [5, 5.41) is 16.8. The van der Waals surface area contributed by atoms with Crippen molar-refractivity contribution in [2.24, 2.45) is 4.99 Å². The standard InChI is InChI=1S/C17H27N3O.HI/c1-3-4-11-19-17(18-2)20-12-15-14-8-6-5-7-13(14)9-10-16(15)21;/h9-10,21H,3-8,11-12H2,1-2H3,(H2,18,19,20);1H. The van der Waals surface area contributed by atoms with Crippen LogP contribution in [0.25, 0.3) is 0 Å². The predicted octanol–water partition coefficient (Wildman–Crippen LogP) is 3.35. The van der Waals surface area contributed by atoms with Gasteiger partial charge in [-0.25, -0.2) is 0 Å². The number of nitrogens with one attached hydrogen (secondary N) is 2. The van der Waals surface area contributed by atoms with Crippen LogP contribution in [0, 0.1) is 0 Å².